The SMILES string of the molecule is COC(=O)CCCC#Cc1ccc(-c2cc3c(N[C@H](C)c4ccccc4)ncnc3cc2OC)o1. The van der Waals surface area contributed by atoms with E-state index in [2.05, 4.69) is 50.9 Å². The number of carbonyl (C=O) groups excluding carboxylic acids is 1. The molecule has 0 saturated heterocycles. The van der Waals surface area contributed by atoms with Crippen molar-refractivity contribution in [1.82, 2.24) is 9.97 Å². The normalized spacial score (nSPS) is 11.4. The summed E-state index contributed by atoms with van der Waals surface area (Å²) in [5.41, 5.74) is 2.71. The zero-order valence-electron chi connectivity index (χ0n) is 20.0. The van der Waals surface area contributed by atoms with E-state index in [-0.39, 0.29) is 12.0 Å². The van der Waals surface area contributed by atoms with Crippen molar-refractivity contribution in [3.63, 3.8) is 0 Å². The van der Waals surface area contributed by atoms with Crippen molar-refractivity contribution in [2.24, 2.45) is 0 Å². The van der Waals surface area contributed by atoms with Crippen molar-refractivity contribution in [2.45, 2.75) is 32.2 Å². The summed E-state index contributed by atoms with van der Waals surface area (Å²) in [6.45, 7) is 2.09. The Morgan fingerprint density at radius 2 is 1.94 bits per heavy atom. The number of hydrogen-bond acceptors (Lipinski definition) is 7. The van der Waals surface area contributed by atoms with Gasteiger partial charge < -0.3 is 19.2 Å². The third-order valence-electron chi connectivity index (χ3n) is 5.60. The minimum Gasteiger partial charge on any atom is -0.496 e. The van der Waals surface area contributed by atoms with Crippen LogP contribution in [0.4, 0.5) is 5.82 Å². The predicted molar refractivity (Wildman–Crippen MR) is 135 cm³/mol. The van der Waals surface area contributed by atoms with Gasteiger partial charge in [-0.3, -0.25) is 4.79 Å². The first kappa shape index (κ1) is 23.8. The van der Waals surface area contributed by atoms with E-state index in [1.165, 1.54) is 7.11 Å². The summed E-state index contributed by atoms with van der Waals surface area (Å²) in [4.78, 5) is 20.1. The molecule has 2 aromatic heterocycles. The first-order chi connectivity index (χ1) is 17.1. The molecule has 7 heteroatoms. The fraction of sp³-hybridized carbons (Fsp3) is 0.250. The van der Waals surface area contributed by atoms with Gasteiger partial charge in [-0.05, 0) is 43.0 Å². The highest BCUT2D eigenvalue weighted by molar-refractivity contribution is 5.94. The second kappa shape index (κ2) is 11.2. The number of fused-ring (bicyclic) bond motifs is 1. The van der Waals surface area contributed by atoms with Gasteiger partial charge in [0.25, 0.3) is 0 Å². The molecule has 0 unspecified atom stereocenters. The van der Waals surface area contributed by atoms with E-state index in [1.54, 1.807) is 13.4 Å². The Bertz CT molecular complexity index is 1370. The Morgan fingerprint density at radius 3 is 2.71 bits per heavy atom. The van der Waals surface area contributed by atoms with Crippen LogP contribution in [0.25, 0.3) is 22.2 Å². The second-order valence-electron chi connectivity index (χ2n) is 7.96. The largest absolute Gasteiger partial charge is 0.496 e. The lowest BCUT2D eigenvalue weighted by atomic mass is 10.1. The Labute approximate surface area is 204 Å². The number of nitrogens with one attached hydrogen (secondary N) is 1. The van der Waals surface area contributed by atoms with Gasteiger partial charge >= 0.3 is 5.97 Å². The number of aromatic nitrogens is 2. The smallest absolute Gasteiger partial charge is 0.305 e. The number of furan rings is 1. The fourth-order valence-electron chi connectivity index (χ4n) is 3.71. The molecule has 0 fully saturated rings. The van der Waals surface area contributed by atoms with Crippen molar-refractivity contribution in [1.29, 1.82) is 0 Å². The first-order valence-corrected chi connectivity index (χ1v) is 11.4. The highest BCUT2D eigenvalue weighted by Crippen LogP contribution is 2.36. The number of benzene rings is 2. The van der Waals surface area contributed by atoms with E-state index in [0.29, 0.717) is 36.5 Å². The summed E-state index contributed by atoms with van der Waals surface area (Å²) in [5.74, 6) is 8.37. The van der Waals surface area contributed by atoms with Crippen molar-refractivity contribution >= 4 is 22.7 Å². The van der Waals surface area contributed by atoms with Crippen LogP contribution in [0.15, 0.2) is 65.3 Å². The van der Waals surface area contributed by atoms with Crippen LogP contribution in [-0.2, 0) is 9.53 Å². The van der Waals surface area contributed by atoms with Gasteiger partial charge in [0, 0.05) is 30.3 Å². The molecule has 2 aromatic carbocycles. The van der Waals surface area contributed by atoms with E-state index >= 15 is 0 Å². The number of methoxy groups -OCH3 is 2. The van der Waals surface area contributed by atoms with E-state index in [0.717, 1.165) is 27.8 Å². The Kier molecular flexibility index (Phi) is 7.63. The van der Waals surface area contributed by atoms with Gasteiger partial charge in [0.15, 0.2) is 5.76 Å². The van der Waals surface area contributed by atoms with Crippen LogP contribution in [0.1, 0.15) is 43.6 Å². The Morgan fingerprint density at radius 1 is 1.11 bits per heavy atom. The maximum atomic E-state index is 11.2. The standard InChI is InChI=1S/C28H27N3O4/c1-19(20-10-6-4-7-11-20)31-28-22-16-23(26(33-2)17-24(22)29-18-30-28)25-15-14-21(35-25)12-8-5-9-13-27(32)34-3/h4,6-7,10-11,14-19H,5,9,13H2,1-3H3,(H,29,30,31)/t19-/m1/s1. The molecule has 0 spiro atoms. The summed E-state index contributed by atoms with van der Waals surface area (Å²) in [6.07, 6.45) is 3.12. The average Bonchev–Trinajstić information content (AvgIpc) is 3.37. The zero-order valence-corrected chi connectivity index (χ0v) is 20.0. The molecule has 1 N–H and O–H groups in total. The van der Waals surface area contributed by atoms with Crippen molar-refractivity contribution in [2.75, 3.05) is 19.5 Å². The molecular formula is C28H27N3O4. The molecule has 1 atom stereocenters. The summed E-state index contributed by atoms with van der Waals surface area (Å²) in [5, 5.41) is 4.36. The van der Waals surface area contributed by atoms with Gasteiger partial charge in [0.05, 0.1) is 25.3 Å². The Hall–Kier alpha value is -4.31. The van der Waals surface area contributed by atoms with E-state index in [9.17, 15) is 4.79 Å². The fourth-order valence-corrected chi connectivity index (χ4v) is 3.71. The van der Waals surface area contributed by atoms with Crippen LogP contribution in [0, 0.1) is 11.8 Å². The van der Waals surface area contributed by atoms with Gasteiger partial charge in [-0.25, -0.2) is 9.97 Å². The van der Waals surface area contributed by atoms with Crippen LogP contribution in [0.3, 0.4) is 0 Å². The maximum absolute atomic E-state index is 11.2. The number of carbonyl (C=O) groups is 1. The molecule has 35 heavy (non-hydrogen) atoms. The number of ether oxygens (including phenoxy) is 2. The monoisotopic (exact) mass is 469 g/mol. The van der Waals surface area contributed by atoms with Gasteiger partial charge in [-0.2, -0.15) is 0 Å². The zero-order chi connectivity index (χ0) is 24.6. The van der Waals surface area contributed by atoms with E-state index in [4.69, 9.17) is 9.15 Å². The highest BCUT2D eigenvalue weighted by atomic mass is 16.5. The van der Waals surface area contributed by atoms with E-state index in [1.807, 2.05) is 42.5 Å². The van der Waals surface area contributed by atoms with Crippen molar-refractivity contribution in [3.8, 4) is 28.9 Å². The lowest BCUT2D eigenvalue weighted by Crippen LogP contribution is -2.08. The third-order valence-corrected chi connectivity index (χ3v) is 5.60. The molecule has 2 heterocycles. The van der Waals surface area contributed by atoms with Crippen LogP contribution in [-0.4, -0.2) is 30.2 Å². The van der Waals surface area contributed by atoms with Gasteiger partial charge in [0.2, 0.25) is 0 Å². The van der Waals surface area contributed by atoms with E-state index < -0.39 is 0 Å². The molecule has 0 radical (unpaired) electrons. The molecule has 0 amide bonds. The van der Waals surface area contributed by atoms with Crippen LogP contribution in [0.5, 0.6) is 5.75 Å². The first-order valence-electron chi connectivity index (χ1n) is 11.4. The molecule has 0 saturated carbocycles. The molecule has 0 aliphatic heterocycles. The molecule has 0 aliphatic carbocycles. The number of rotatable bonds is 8. The highest BCUT2D eigenvalue weighted by Gasteiger charge is 2.16. The van der Waals surface area contributed by atoms with Crippen LogP contribution < -0.4 is 10.1 Å². The van der Waals surface area contributed by atoms with Crippen LogP contribution >= 0.6 is 0 Å². The minimum absolute atomic E-state index is 0.0597. The molecule has 4 aromatic rings. The lowest BCUT2D eigenvalue weighted by molar-refractivity contribution is -0.140. The quantitative estimate of drug-likeness (QED) is 0.199. The number of nitrogens with zero attached hydrogens (tertiary/aromatic N) is 2. The molecule has 4 rings (SSSR count). The topological polar surface area (TPSA) is 86.5 Å². The minimum atomic E-state index is -0.230. The summed E-state index contributed by atoms with van der Waals surface area (Å²) in [6, 6.07) is 17.8. The molecular weight excluding hydrogens is 442 g/mol. The van der Waals surface area contributed by atoms with Gasteiger partial charge in [-0.1, -0.05) is 36.3 Å². The summed E-state index contributed by atoms with van der Waals surface area (Å²) < 4.78 is 16.3. The number of esters is 1. The molecule has 0 aliphatic rings. The van der Waals surface area contributed by atoms with Crippen LogP contribution in [0.2, 0.25) is 0 Å². The van der Waals surface area contributed by atoms with Gasteiger partial charge in [0.1, 0.15) is 23.7 Å². The summed E-state index contributed by atoms with van der Waals surface area (Å²) >= 11 is 0. The average molecular weight is 470 g/mol. The van der Waals surface area contributed by atoms with Gasteiger partial charge in [-0.15, -0.1) is 0 Å². The predicted octanol–water partition coefficient (Wildman–Crippen LogP) is 5.77. The third kappa shape index (κ3) is 5.79. The summed E-state index contributed by atoms with van der Waals surface area (Å²) in [7, 11) is 3.00. The number of hydrogen-bond donors (Lipinski definition) is 1. The lowest BCUT2D eigenvalue weighted by Gasteiger charge is -2.17. The van der Waals surface area contributed by atoms with Crippen molar-refractivity contribution in [3.05, 3.63) is 72.2 Å². The molecule has 178 valence electrons. The number of unbranched alkanes of at least 4 members (excludes halogenated alkanes) is 1. The molecule has 0 bridgehead atoms. The second-order valence-corrected chi connectivity index (χ2v) is 7.96. The molecule has 7 nitrogen and oxygen atoms in total. The number of anilines is 1. The maximum Gasteiger partial charge on any atom is 0.305 e. The van der Waals surface area contributed by atoms with Crippen molar-refractivity contribution < 1.29 is 18.7 Å². The Balaban J connectivity index is 1.60.